The van der Waals surface area contributed by atoms with Crippen molar-refractivity contribution in [3.05, 3.63) is 94.3 Å². The summed E-state index contributed by atoms with van der Waals surface area (Å²) >= 11 is 1.35. The molecule has 7 nitrogen and oxygen atoms in total. The highest BCUT2D eigenvalue weighted by molar-refractivity contribution is 8.00. The van der Waals surface area contributed by atoms with E-state index in [2.05, 4.69) is 15.5 Å². The molecule has 0 fully saturated rings. The Balaban J connectivity index is 1.64. The summed E-state index contributed by atoms with van der Waals surface area (Å²) in [5.41, 5.74) is 4.14. The minimum Gasteiger partial charge on any atom is -0.325 e. The van der Waals surface area contributed by atoms with Gasteiger partial charge in [0.1, 0.15) is 0 Å². The maximum atomic E-state index is 13.6. The summed E-state index contributed by atoms with van der Waals surface area (Å²) in [6, 6.07) is 22.8. The number of nitrogens with one attached hydrogen (secondary N) is 1. The highest BCUT2D eigenvalue weighted by Crippen LogP contribution is 2.29. The van der Waals surface area contributed by atoms with Crippen molar-refractivity contribution in [2.24, 2.45) is 0 Å². The van der Waals surface area contributed by atoms with Gasteiger partial charge in [-0.2, -0.15) is 0 Å². The van der Waals surface area contributed by atoms with Crippen LogP contribution in [0.15, 0.2) is 82.7 Å². The molecule has 0 aliphatic carbocycles. The summed E-state index contributed by atoms with van der Waals surface area (Å²) in [4.78, 5) is 26.6. The van der Waals surface area contributed by atoms with Gasteiger partial charge < -0.3 is 5.32 Å². The average molecular weight is 484 g/mol. The topological polar surface area (TPSA) is 81.3 Å². The quantitative estimate of drug-likeness (QED) is 0.338. The van der Waals surface area contributed by atoms with Gasteiger partial charge in [-0.05, 0) is 56.2 Å². The van der Waals surface area contributed by atoms with Gasteiger partial charge in [-0.15, -0.1) is 10.2 Å². The van der Waals surface area contributed by atoms with Gasteiger partial charge in [0.25, 0.3) is 5.56 Å². The molecule has 1 N–H and O–H groups in total. The van der Waals surface area contributed by atoms with E-state index in [9.17, 15) is 9.59 Å². The number of fused-ring (bicyclic) bond motifs is 3. The van der Waals surface area contributed by atoms with E-state index in [0.717, 1.165) is 22.5 Å². The second-order valence-electron chi connectivity index (χ2n) is 8.44. The molecule has 0 saturated heterocycles. The van der Waals surface area contributed by atoms with Crippen molar-refractivity contribution in [3.63, 3.8) is 0 Å². The van der Waals surface area contributed by atoms with Gasteiger partial charge in [-0.3, -0.25) is 14.0 Å². The van der Waals surface area contributed by atoms with Crippen LogP contribution in [0.2, 0.25) is 0 Å². The summed E-state index contributed by atoms with van der Waals surface area (Å²) < 4.78 is 3.48. The lowest BCUT2D eigenvalue weighted by Gasteiger charge is -2.16. The van der Waals surface area contributed by atoms with E-state index in [0.29, 0.717) is 28.3 Å². The highest BCUT2D eigenvalue weighted by atomic mass is 32.2. The predicted molar refractivity (Wildman–Crippen MR) is 141 cm³/mol. The number of benzene rings is 3. The molecule has 2 heterocycles. The number of hydrogen-bond donors (Lipinski definition) is 1. The molecular formula is C27H25N5O2S. The number of nitrogens with zero attached hydrogens (tertiary/aromatic N) is 4. The fraction of sp³-hybridized carbons (Fsp3) is 0.185. The number of aryl methyl sites for hydroxylation is 2. The molecule has 0 aliphatic heterocycles. The molecule has 35 heavy (non-hydrogen) atoms. The number of carbonyl (C=O) groups excluding carboxylic acids is 1. The van der Waals surface area contributed by atoms with Gasteiger partial charge in [0.15, 0.2) is 5.16 Å². The largest absolute Gasteiger partial charge is 0.325 e. The Labute approximate surface area is 206 Å². The molecule has 0 aliphatic rings. The van der Waals surface area contributed by atoms with E-state index in [1.807, 2.05) is 98.0 Å². The van der Waals surface area contributed by atoms with Crippen molar-refractivity contribution in [3.8, 4) is 5.69 Å². The van der Waals surface area contributed by atoms with Gasteiger partial charge in [-0.1, -0.05) is 66.7 Å². The standard InChI is InChI=1S/C27H25N5O2S/c1-4-23(24(33)28-19-10-6-5-7-11-19)35-27-30-29-26-31(21-15-14-17(2)16-18(21)3)25(34)20-12-8-9-13-22(20)32(26)27/h5-16,23H,4H2,1-3H3,(H,28,33). The Kier molecular flexibility index (Phi) is 6.13. The van der Waals surface area contributed by atoms with E-state index in [1.165, 1.54) is 11.8 Å². The predicted octanol–water partition coefficient (Wildman–Crippen LogP) is 5.16. The first-order valence-corrected chi connectivity index (χ1v) is 12.3. The Morgan fingerprint density at radius 3 is 2.49 bits per heavy atom. The van der Waals surface area contributed by atoms with E-state index in [-0.39, 0.29) is 16.7 Å². The lowest BCUT2D eigenvalue weighted by molar-refractivity contribution is -0.115. The van der Waals surface area contributed by atoms with Crippen LogP contribution < -0.4 is 10.9 Å². The third kappa shape index (κ3) is 4.21. The van der Waals surface area contributed by atoms with Crippen molar-refractivity contribution in [2.75, 3.05) is 5.32 Å². The van der Waals surface area contributed by atoms with Crippen molar-refractivity contribution >= 4 is 40.0 Å². The average Bonchev–Trinajstić information content (AvgIpc) is 3.27. The third-order valence-corrected chi connectivity index (χ3v) is 7.25. The molecule has 5 rings (SSSR count). The molecule has 5 aromatic rings. The zero-order valence-corrected chi connectivity index (χ0v) is 20.5. The Morgan fingerprint density at radius 1 is 1.00 bits per heavy atom. The number of aromatic nitrogens is 4. The number of amides is 1. The molecule has 0 radical (unpaired) electrons. The zero-order chi connectivity index (χ0) is 24.5. The van der Waals surface area contributed by atoms with E-state index < -0.39 is 0 Å². The maximum absolute atomic E-state index is 13.6. The van der Waals surface area contributed by atoms with Crippen LogP contribution >= 0.6 is 11.8 Å². The maximum Gasteiger partial charge on any atom is 0.267 e. The monoisotopic (exact) mass is 483 g/mol. The van der Waals surface area contributed by atoms with Crippen LogP contribution in [-0.4, -0.2) is 30.3 Å². The van der Waals surface area contributed by atoms with Crippen molar-refractivity contribution < 1.29 is 4.79 Å². The van der Waals surface area contributed by atoms with Crippen LogP contribution in [0.3, 0.4) is 0 Å². The summed E-state index contributed by atoms with van der Waals surface area (Å²) in [6.07, 6.45) is 0.604. The van der Waals surface area contributed by atoms with Crippen LogP contribution in [0.25, 0.3) is 22.4 Å². The minimum atomic E-state index is -0.386. The number of rotatable bonds is 6. The van der Waals surface area contributed by atoms with Crippen LogP contribution in [0.4, 0.5) is 5.69 Å². The second kappa shape index (κ2) is 9.38. The van der Waals surface area contributed by atoms with E-state index in [1.54, 1.807) is 4.57 Å². The van der Waals surface area contributed by atoms with Crippen LogP contribution in [0, 0.1) is 13.8 Å². The van der Waals surface area contributed by atoms with E-state index in [4.69, 9.17) is 0 Å². The van der Waals surface area contributed by atoms with Gasteiger partial charge in [0.2, 0.25) is 11.7 Å². The Bertz CT molecular complexity index is 1610. The minimum absolute atomic E-state index is 0.104. The molecule has 0 saturated carbocycles. The van der Waals surface area contributed by atoms with Crippen LogP contribution in [0.1, 0.15) is 24.5 Å². The number of hydrogen-bond acceptors (Lipinski definition) is 5. The Morgan fingerprint density at radius 2 is 1.74 bits per heavy atom. The molecule has 8 heteroatoms. The second-order valence-corrected chi connectivity index (χ2v) is 9.61. The molecule has 2 aromatic heterocycles. The molecule has 176 valence electrons. The summed E-state index contributed by atoms with van der Waals surface area (Å²) in [5, 5.41) is 12.6. The summed E-state index contributed by atoms with van der Waals surface area (Å²) in [5.74, 6) is 0.314. The number of para-hydroxylation sites is 2. The molecule has 1 unspecified atom stereocenters. The van der Waals surface area contributed by atoms with Crippen molar-refractivity contribution in [2.45, 2.75) is 37.6 Å². The SMILES string of the molecule is CCC(Sc1nnc2n(-c3ccc(C)cc3C)c(=O)c3ccccc3n12)C(=O)Nc1ccccc1. The smallest absolute Gasteiger partial charge is 0.267 e. The third-order valence-electron chi connectivity index (χ3n) is 5.94. The van der Waals surface area contributed by atoms with Gasteiger partial charge in [0, 0.05) is 5.69 Å². The first-order chi connectivity index (χ1) is 17.0. The Hall–Kier alpha value is -3.91. The normalized spacial score (nSPS) is 12.2. The van der Waals surface area contributed by atoms with Crippen molar-refractivity contribution in [1.82, 2.24) is 19.2 Å². The fourth-order valence-electron chi connectivity index (χ4n) is 4.22. The van der Waals surface area contributed by atoms with E-state index >= 15 is 0 Å². The van der Waals surface area contributed by atoms with Crippen LogP contribution in [0.5, 0.6) is 0 Å². The summed E-state index contributed by atoms with van der Waals surface area (Å²) in [7, 11) is 0. The number of thioether (sulfide) groups is 1. The fourth-order valence-corrected chi connectivity index (χ4v) is 5.18. The summed E-state index contributed by atoms with van der Waals surface area (Å²) in [6.45, 7) is 5.97. The molecule has 0 spiro atoms. The lowest BCUT2D eigenvalue weighted by Crippen LogP contribution is -2.25. The highest BCUT2D eigenvalue weighted by Gasteiger charge is 2.24. The molecular weight excluding hydrogens is 458 g/mol. The van der Waals surface area contributed by atoms with Crippen molar-refractivity contribution in [1.29, 1.82) is 0 Å². The first-order valence-electron chi connectivity index (χ1n) is 11.5. The first kappa shape index (κ1) is 22.9. The van der Waals surface area contributed by atoms with Gasteiger partial charge in [-0.25, -0.2) is 4.57 Å². The van der Waals surface area contributed by atoms with Gasteiger partial charge >= 0.3 is 0 Å². The molecule has 1 atom stereocenters. The zero-order valence-electron chi connectivity index (χ0n) is 19.7. The molecule has 1 amide bonds. The number of carbonyl (C=O) groups is 1. The molecule has 3 aromatic carbocycles. The van der Waals surface area contributed by atoms with Crippen LogP contribution in [-0.2, 0) is 4.79 Å². The lowest BCUT2D eigenvalue weighted by atomic mass is 10.1. The number of anilines is 1. The molecule has 0 bridgehead atoms. The van der Waals surface area contributed by atoms with Gasteiger partial charge in [0.05, 0.1) is 21.8 Å².